The van der Waals surface area contributed by atoms with Gasteiger partial charge in [0.2, 0.25) is 0 Å². The summed E-state index contributed by atoms with van der Waals surface area (Å²) in [5.74, 6) is -0.427. The van der Waals surface area contributed by atoms with Gasteiger partial charge in [-0.15, -0.1) is 0 Å². The summed E-state index contributed by atoms with van der Waals surface area (Å²) in [6.45, 7) is 3.43. The van der Waals surface area contributed by atoms with Crippen LogP contribution < -0.4 is 11.4 Å². The van der Waals surface area contributed by atoms with E-state index in [-0.39, 0.29) is 12.3 Å². The van der Waals surface area contributed by atoms with E-state index in [1.54, 1.807) is 31.2 Å². The standard InChI is InChI=1S/C25H25N5O3/c1-2-33-24(31)17-9-11-18(12-10-17)30-23(21(15-27)28-25(30)32)20-16-29(14-6-5-13-26)22-8-4-3-7-19(20)22/h3-4,7-12,16H,2,5-6,13-14,26H2,1H3,(H,28,32). The molecule has 2 aromatic heterocycles. The molecule has 4 rings (SSSR count). The summed E-state index contributed by atoms with van der Waals surface area (Å²) in [7, 11) is 0. The molecular formula is C25H25N5O3. The van der Waals surface area contributed by atoms with Gasteiger partial charge in [0.1, 0.15) is 11.8 Å². The van der Waals surface area contributed by atoms with E-state index in [9.17, 15) is 14.9 Å². The van der Waals surface area contributed by atoms with Crippen molar-refractivity contribution in [3.05, 3.63) is 76.5 Å². The van der Waals surface area contributed by atoms with Crippen LogP contribution in [-0.2, 0) is 11.3 Å². The van der Waals surface area contributed by atoms with E-state index < -0.39 is 11.7 Å². The fourth-order valence-electron chi connectivity index (χ4n) is 4.03. The molecule has 0 saturated carbocycles. The highest BCUT2D eigenvalue weighted by Crippen LogP contribution is 2.33. The number of unbranched alkanes of at least 4 members (excludes halogenated alkanes) is 1. The minimum Gasteiger partial charge on any atom is -0.462 e. The Kier molecular flexibility index (Phi) is 6.43. The number of aryl methyl sites for hydroxylation is 1. The molecule has 0 bridgehead atoms. The maximum atomic E-state index is 12.9. The number of nitrogens with two attached hydrogens (primary N) is 1. The molecule has 2 aromatic carbocycles. The summed E-state index contributed by atoms with van der Waals surface area (Å²) in [4.78, 5) is 27.6. The number of para-hydroxylation sites is 1. The number of esters is 1. The van der Waals surface area contributed by atoms with Crippen LogP contribution in [0.3, 0.4) is 0 Å². The molecular weight excluding hydrogens is 418 g/mol. The van der Waals surface area contributed by atoms with E-state index in [2.05, 4.69) is 15.6 Å². The number of H-pyrrole nitrogens is 1. The van der Waals surface area contributed by atoms with Gasteiger partial charge in [0.15, 0.2) is 0 Å². The highest BCUT2D eigenvalue weighted by atomic mass is 16.5. The average molecular weight is 444 g/mol. The Bertz CT molecular complexity index is 1390. The largest absolute Gasteiger partial charge is 0.462 e. The monoisotopic (exact) mass is 443 g/mol. The molecule has 2 heterocycles. The number of imidazole rings is 1. The Labute approximate surface area is 190 Å². The van der Waals surface area contributed by atoms with Gasteiger partial charge in [0.05, 0.1) is 23.6 Å². The van der Waals surface area contributed by atoms with Gasteiger partial charge in [0, 0.05) is 29.2 Å². The maximum absolute atomic E-state index is 12.9. The van der Waals surface area contributed by atoms with E-state index in [4.69, 9.17) is 10.5 Å². The molecule has 8 heteroatoms. The molecule has 0 amide bonds. The lowest BCUT2D eigenvalue weighted by Crippen LogP contribution is -2.16. The highest BCUT2D eigenvalue weighted by Gasteiger charge is 2.21. The fraction of sp³-hybridized carbons (Fsp3) is 0.240. The summed E-state index contributed by atoms with van der Waals surface area (Å²) in [5.41, 5.74) is 8.63. The molecule has 0 spiro atoms. The number of hydrogen-bond acceptors (Lipinski definition) is 5. The number of ether oxygens (including phenoxy) is 1. The number of benzene rings is 2. The van der Waals surface area contributed by atoms with Crippen molar-refractivity contribution in [2.75, 3.05) is 13.2 Å². The van der Waals surface area contributed by atoms with Crippen LogP contribution >= 0.6 is 0 Å². The summed E-state index contributed by atoms with van der Waals surface area (Å²) in [6, 6.07) is 16.6. The van der Waals surface area contributed by atoms with E-state index in [1.165, 1.54) is 4.57 Å². The molecule has 0 saturated heterocycles. The van der Waals surface area contributed by atoms with Crippen LogP contribution in [0.5, 0.6) is 0 Å². The highest BCUT2D eigenvalue weighted by molar-refractivity contribution is 5.96. The number of nitrogens with zero attached hydrogens (tertiary/aromatic N) is 3. The molecule has 0 aliphatic heterocycles. The number of hydrogen-bond donors (Lipinski definition) is 2. The zero-order chi connectivity index (χ0) is 23.4. The number of nitriles is 1. The second kappa shape index (κ2) is 9.59. The zero-order valence-corrected chi connectivity index (χ0v) is 18.4. The van der Waals surface area contributed by atoms with Gasteiger partial charge < -0.3 is 15.0 Å². The van der Waals surface area contributed by atoms with Crippen LogP contribution in [0.4, 0.5) is 0 Å². The van der Waals surface area contributed by atoms with E-state index in [1.807, 2.05) is 30.5 Å². The lowest BCUT2D eigenvalue weighted by Gasteiger charge is -2.08. The topological polar surface area (TPSA) is 119 Å². The molecule has 33 heavy (non-hydrogen) atoms. The molecule has 4 aromatic rings. The second-order valence-corrected chi connectivity index (χ2v) is 7.62. The first-order valence-corrected chi connectivity index (χ1v) is 10.9. The molecule has 0 aliphatic rings. The predicted octanol–water partition coefficient (Wildman–Crippen LogP) is 3.57. The smallest absolute Gasteiger partial charge is 0.338 e. The normalized spacial score (nSPS) is 10.9. The number of rotatable bonds is 8. The van der Waals surface area contributed by atoms with Gasteiger partial charge in [0.25, 0.3) is 0 Å². The number of carbonyl (C=O) groups excluding carboxylic acids is 1. The molecule has 8 nitrogen and oxygen atoms in total. The fourth-order valence-corrected chi connectivity index (χ4v) is 4.03. The number of nitrogens with one attached hydrogen (secondary N) is 1. The van der Waals surface area contributed by atoms with Crippen LogP contribution in [-0.4, -0.2) is 33.2 Å². The lowest BCUT2D eigenvalue weighted by atomic mass is 10.1. The van der Waals surface area contributed by atoms with E-state index in [0.29, 0.717) is 23.5 Å². The molecule has 0 atom stereocenters. The minimum absolute atomic E-state index is 0.180. The van der Waals surface area contributed by atoms with Gasteiger partial charge in [-0.1, -0.05) is 18.2 Å². The van der Waals surface area contributed by atoms with Crippen LogP contribution in [0.2, 0.25) is 0 Å². The maximum Gasteiger partial charge on any atom is 0.338 e. The van der Waals surface area contributed by atoms with Crippen molar-refractivity contribution in [2.24, 2.45) is 5.73 Å². The molecule has 168 valence electrons. The summed E-state index contributed by atoms with van der Waals surface area (Å²) < 4.78 is 8.64. The number of aromatic amines is 1. The minimum atomic E-state index is -0.427. The Balaban J connectivity index is 1.87. The van der Waals surface area contributed by atoms with Crippen molar-refractivity contribution >= 4 is 16.9 Å². The molecule has 0 aliphatic carbocycles. The number of aromatic nitrogens is 3. The Morgan fingerprint density at radius 2 is 1.91 bits per heavy atom. The van der Waals surface area contributed by atoms with Crippen molar-refractivity contribution in [1.82, 2.24) is 14.1 Å². The zero-order valence-electron chi connectivity index (χ0n) is 18.4. The van der Waals surface area contributed by atoms with Crippen molar-refractivity contribution in [2.45, 2.75) is 26.3 Å². The first-order chi connectivity index (χ1) is 16.1. The van der Waals surface area contributed by atoms with Crippen LogP contribution in [0.15, 0.2) is 59.5 Å². The number of fused-ring (bicyclic) bond motifs is 1. The van der Waals surface area contributed by atoms with Crippen LogP contribution in [0.1, 0.15) is 35.8 Å². The number of carbonyl (C=O) groups is 1. The Morgan fingerprint density at radius 1 is 1.15 bits per heavy atom. The summed E-state index contributed by atoms with van der Waals surface area (Å²) >= 11 is 0. The first kappa shape index (κ1) is 22.1. The van der Waals surface area contributed by atoms with Crippen molar-refractivity contribution in [3.8, 4) is 23.0 Å². The van der Waals surface area contributed by atoms with E-state index in [0.717, 1.165) is 35.9 Å². The van der Waals surface area contributed by atoms with Gasteiger partial charge in [-0.05, 0) is 56.6 Å². The summed E-state index contributed by atoms with van der Waals surface area (Å²) in [5, 5.41) is 10.7. The predicted molar refractivity (Wildman–Crippen MR) is 126 cm³/mol. The third kappa shape index (κ3) is 4.19. The van der Waals surface area contributed by atoms with Gasteiger partial charge in [-0.2, -0.15) is 5.26 Å². The van der Waals surface area contributed by atoms with Gasteiger partial charge in [-0.25, -0.2) is 9.59 Å². The van der Waals surface area contributed by atoms with Crippen LogP contribution in [0.25, 0.3) is 27.8 Å². The van der Waals surface area contributed by atoms with Crippen LogP contribution in [0, 0.1) is 11.3 Å². The third-order valence-electron chi connectivity index (χ3n) is 5.54. The summed E-state index contributed by atoms with van der Waals surface area (Å²) in [6.07, 6.45) is 3.82. The Hall–Kier alpha value is -4.09. The first-order valence-electron chi connectivity index (χ1n) is 10.9. The quantitative estimate of drug-likeness (QED) is 0.319. The van der Waals surface area contributed by atoms with Gasteiger partial charge in [-0.3, -0.25) is 9.55 Å². The lowest BCUT2D eigenvalue weighted by molar-refractivity contribution is 0.0526. The van der Waals surface area contributed by atoms with Gasteiger partial charge >= 0.3 is 11.7 Å². The molecule has 3 N–H and O–H groups in total. The molecule has 0 fully saturated rings. The van der Waals surface area contributed by atoms with Crippen molar-refractivity contribution < 1.29 is 9.53 Å². The van der Waals surface area contributed by atoms with Crippen molar-refractivity contribution in [3.63, 3.8) is 0 Å². The van der Waals surface area contributed by atoms with Crippen molar-refractivity contribution in [1.29, 1.82) is 5.26 Å². The Morgan fingerprint density at radius 3 is 2.61 bits per heavy atom. The molecule has 0 radical (unpaired) electrons. The van der Waals surface area contributed by atoms with E-state index >= 15 is 0 Å². The third-order valence-corrected chi connectivity index (χ3v) is 5.54. The second-order valence-electron chi connectivity index (χ2n) is 7.62. The SMILES string of the molecule is CCOC(=O)c1ccc(-n2c(-c3cn(CCCCN)c4ccccc34)c(C#N)[nH]c2=O)cc1. The average Bonchev–Trinajstić information content (AvgIpc) is 3.36. The molecule has 0 unspecified atom stereocenters.